The highest BCUT2D eigenvalue weighted by molar-refractivity contribution is 4.66. The molecule has 1 aliphatic rings. The molecule has 0 aromatic heterocycles. The van der Waals surface area contributed by atoms with Gasteiger partial charge in [-0.05, 0) is 30.1 Å². The van der Waals surface area contributed by atoms with Crippen LogP contribution in [-0.4, -0.2) is 0 Å². The summed E-state index contributed by atoms with van der Waals surface area (Å²) in [5.41, 5.74) is 0. The molecule has 0 aliphatic heterocycles. The van der Waals surface area contributed by atoms with Crippen molar-refractivity contribution in [3.05, 3.63) is 0 Å². The molecule has 0 aromatic carbocycles. The largest absolute Gasteiger partial charge is 0.0628 e. The lowest BCUT2D eigenvalue weighted by molar-refractivity contribution is 0.301. The van der Waals surface area contributed by atoms with E-state index in [-0.39, 0.29) is 0 Å². The Morgan fingerprint density at radius 2 is 1.19 bits per heavy atom. The van der Waals surface area contributed by atoms with Gasteiger partial charge in [-0.2, -0.15) is 0 Å². The first-order chi connectivity index (χ1) is 7.41. The molecule has 98 valence electrons. The predicted molar refractivity (Wildman–Crippen MR) is 75.7 cm³/mol. The Morgan fingerprint density at radius 3 is 1.38 bits per heavy atom. The van der Waals surface area contributed by atoms with E-state index in [2.05, 4.69) is 41.5 Å². The van der Waals surface area contributed by atoms with E-state index < -0.39 is 0 Å². The van der Waals surface area contributed by atoms with Crippen molar-refractivity contribution in [3.8, 4) is 0 Å². The van der Waals surface area contributed by atoms with E-state index in [0.717, 1.165) is 23.7 Å². The molecule has 1 aliphatic carbocycles. The molecule has 0 aromatic rings. The average molecular weight is 226 g/mol. The second-order valence-electron chi connectivity index (χ2n) is 6.74. The van der Waals surface area contributed by atoms with Gasteiger partial charge < -0.3 is 0 Å². The van der Waals surface area contributed by atoms with Crippen molar-refractivity contribution in [1.29, 1.82) is 0 Å². The fourth-order valence-corrected chi connectivity index (χ4v) is 2.40. The van der Waals surface area contributed by atoms with E-state index in [9.17, 15) is 0 Å². The Morgan fingerprint density at radius 1 is 0.812 bits per heavy atom. The van der Waals surface area contributed by atoms with Crippen LogP contribution in [0.25, 0.3) is 0 Å². The van der Waals surface area contributed by atoms with Gasteiger partial charge in [0.05, 0.1) is 0 Å². The molecule has 0 nitrogen and oxygen atoms in total. The van der Waals surface area contributed by atoms with Crippen molar-refractivity contribution < 1.29 is 0 Å². The Kier molecular flexibility index (Phi) is 9.07. The van der Waals surface area contributed by atoms with Crippen LogP contribution in [-0.2, 0) is 0 Å². The van der Waals surface area contributed by atoms with E-state index in [1.165, 1.54) is 38.5 Å². The maximum Gasteiger partial charge on any atom is -0.0440 e. The van der Waals surface area contributed by atoms with Gasteiger partial charge in [-0.25, -0.2) is 0 Å². The lowest BCUT2D eigenvalue weighted by Crippen LogP contribution is -2.09. The quantitative estimate of drug-likeness (QED) is 0.561. The molecule has 0 bridgehead atoms. The lowest BCUT2D eigenvalue weighted by atomic mass is 9.84. The Labute approximate surface area is 104 Å². The molecule has 0 radical (unpaired) electrons. The highest BCUT2D eigenvalue weighted by Crippen LogP contribution is 2.27. The summed E-state index contributed by atoms with van der Waals surface area (Å²) in [5, 5.41) is 0. The number of rotatable bonds is 3. The first-order valence-electron chi connectivity index (χ1n) is 7.41. The second-order valence-corrected chi connectivity index (χ2v) is 6.74. The van der Waals surface area contributed by atoms with Crippen molar-refractivity contribution in [2.75, 3.05) is 0 Å². The van der Waals surface area contributed by atoms with E-state index in [4.69, 9.17) is 0 Å². The fraction of sp³-hybridized carbons (Fsp3) is 1.00. The molecule has 1 fully saturated rings. The van der Waals surface area contributed by atoms with Crippen LogP contribution in [0.15, 0.2) is 0 Å². The molecule has 2 unspecified atom stereocenters. The third kappa shape index (κ3) is 10.5. The van der Waals surface area contributed by atoms with Crippen molar-refractivity contribution >= 4 is 0 Å². The van der Waals surface area contributed by atoms with Gasteiger partial charge in [0.15, 0.2) is 0 Å². The molecule has 0 N–H and O–H groups in total. The monoisotopic (exact) mass is 226 g/mol. The summed E-state index contributed by atoms with van der Waals surface area (Å²) >= 11 is 0. The normalized spacial score (nSPS) is 25.5. The van der Waals surface area contributed by atoms with Gasteiger partial charge in [-0.3, -0.25) is 0 Å². The molecule has 16 heavy (non-hydrogen) atoms. The molecule has 0 spiro atoms. The van der Waals surface area contributed by atoms with Crippen molar-refractivity contribution in [3.63, 3.8) is 0 Å². The minimum atomic E-state index is 0.886. The minimum Gasteiger partial charge on any atom is -0.0628 e. The zero-order valence-electron chi connectivity index (χ0n) is 12.6. The smallest absolute Gasteiger partial charge is 0.0440 e. The lowest BCUT2D eigenvalue weighted by Gasteiger charge is -2.22. The van der Waals surface area contributed by atoms with Crippen LogP contribution in [0.1, 0.15) is 80.1 Å². The zero-order chi connectivity index (χ0) is 12.6. The van der Waals surface area contributed by atoms with Crippen LogP contribution in [0.5, 0.6) is 0 Å². The Hall–Kier alpha value is 0. The van der Waals surface area contributed by atoms with Crippen molar-refractivity contribution in [2.24, 2.45) is 23.7 Å². The topological polar surface area (TPSA) is 0 Å². The molecule has 2 atom stereocenters. The summed E-state index contributed by atoms with van der Waals surface area (Å²) in [6.45, 7) is 13.9. The van der Waals surface area contributed by atoms with Crippen LogP contribution in [0.2, 0.25) is 0 Å². The highest BCUT2D eigenvalue weighted by Gasteiger charge is 2.13. The molecular weight excluding hydrogens is 192 g/mol. The van der Waals surface area contributed by atoms with Crippen molar-refractivity contribution in [2.45, 2.75) is 80.1 Å². The molecule has 0 heteroatoms. The molecule has 0 amide bonds. The summed E-state index contributed by atoms with van der Waals surface area (Å²) in [5.74, 6) is 3.80. The standard InChI is InChI=1S/C8H16.C8H18/c1-7-4-3-5-8(2)6-7;1-7(2)5-6-8(3)4/h7-8H,3-6H2,1-2H3;7-8H,5-6H2,1-4H3. The summed E-state index contributed by atoms with van der Waals surface area (Å²) in [6, 6.07) is 0. The van der Waals surface area contributed by atoms with E-state index >= 15 is 0 Å². The molecule has 1 rings (SSSR count). The van der Waals surface area contributed by atoms with Crippen LogP contribution in [0.3, 0.4) is 0 Å². The molecule has 1 saturated carbocycles. The van der Waals surface area contributed by atoms with Gasteiger partial charge in [0.2, 0.25) is 0 Å². The fourth-order valence-electron chi connectivity index (χ4n) is 2.40. The van der Waals surface area contributed by atoms with Crippen molar-refractivity contribution in [1.82, 2.24) is 0 Å². The third-order valence-corrected chi connectivity index (χ3v) is 3.52. The van der Waals surface area contributed by atoms with E-state index in [1.807, 2.05) is 0 Å². The summed E-state index contributed by atoms with van der Waals surface area (Å²) < 4.78 is 0. The van der Waals surface area contributed by atoms with Gasteiger partial charge in [0.1, 0.15) is 0 Å². The van der Waals surface area contributed by atoms with Crippen LogP contribution in [0.4, 0.5) is 0 Å². The molecular formula is C16H34. The molecule has 0 saturated heterocycles. The summed E-state index contributed by atoms with van der Waals surface area (Å²) in [7, 11) is 0. The van der Waals surface area contributed by atoms with Gasteiger partial charge in [-0.15, -0.1) is 0 Å². The Balaban J connectivity index is 0.000000281. The van der Waals surface area contributed by atoms with Crippen LogP contribution >= 0.6 is 0 Å². The SMILES string of the molecule is CC(C)CCC(C)C.CC1CCCC(C)C1. The Bertz CT molecular complexity index is 130. The van der Waals surface area contributed by atoms with Gasteiger partial charge in [-0.1, -0.05) is 73.6 Å². The minimum absolute atomic E-state index is 0.886. The van der Waals surface area contributed by atoms with Gasteiger partial charge >= 0.3 is 0 Å². The van der Waals surface area contributed by atoms with Gasteiger partial charge in [0.25, 0.3) is 0 Å². The van der Waals surface area contributed by atoms with E-state index in [1.54, 1.807) is 0 Å². The predicted octanol–water partition coefficient (Wildman–Crippen LogP) is 5.91. The summed E-state index contributed by atoms with van der Waals surface area (Å²) in [4.78, 5) is 0. The zero-order valence-corrected chi connectivity index (χ0v) is 12.6. The number of hydrogen-bond donors (Lipinski definition) is 0. The molecule has 0 heterocycles. The van der Waals surface area contributed by atoms with Crippen LogP contribution < -0.4 is 0 Å². The highest BCUT2D eigenvalue weighted by atomic mass is 14.2. The number of hydrogen-bond acceptors (Lipinski definition) is 0. The van der Waals surface area contributed by atoms with Crippen LogP contribution in [0, 0.1) is 23.7 Å². The van der Waals surface area contributed by atoms with E-state index in [0.29, 0.717) is 0 Å². The first kappa shape index (κ1) is 16.0. The van der Waals surface area contributed by atoms with Gasteiger partial charge in [0, 0.05) is 0 Å². The third-order valence-electron chi connectivity index (χ3n) is 3.52. The first-order valence-corrected chi connectivity index (χ1v) is 7.41. The average Bonchev–Trinajstić information content (AvgIpc) is 2.15. The maximum absolute atomic E-state index is 2.37. The second kappa shape index (κ2) is 9.07. The summed E-state index contributed by atoms with van der Waals surface area (Å²) in [6.07, 6.45) is 8.67. The maximum atomic E-state index is 2.37.